The van der Waals surface area contributed by atoms with E-state index in [9.17, 15) is 4.79 Å². The second-order valence-electron chi connectivity index (χ2n) is 2.44. The highest BCUT2D eigenvalue weighted by atomic mass is 16.7. The van der Waals surface area contributed by atoms with Gasteiger partial charge in [-0.05, 0) is 12.1 Å². The molecule has 1 aromatic rings. The van der Waals surface area contributed by atoms with E-state index in [0.29, 0.717) is 5.75 Å². The first-order valence-corrected chi connectivity index (χ1v) is 3.86. The minimum Gasteiger partial charge on any atom is -0.455 e. The Morgan fingerprint density at radius 1 is 1.38 bits per heavy atom. The van der Waals surface area contributed by atoms with Crippen molar-refractivity contribution in [3.8, 4) is 5.75 Å². The molecule has 4 heteroatoms. The van der Waals surface area contributed by atoms with Crippen LogP contribution >= 0.6 is 0 Å². The van der Waals surface area contributed by atoms with Crippen molar-refractivity contribution in [1.29, 1.82) is 0 Å². The first-order chi connectivity index (χ1) is 6.18. The van der Waals surface area contributed by atoms with Gasteiger partial charge in [0.05, 0.1) is 0 Å². The molecule has 4 nitrogen and oxygen atoms in total. The first kappa shape index (κ1) is 9.38. The van der Waals surface area contributed by atoms with Crippen molar-refractivity contribution in [3.05, 3.63) is 30.3 Å². The maximum Gasteiger partial charge on any atom is 0.407 e. The molecule has 0 bridgehead atoms. The predicted octanol–water partition coefficient (Wildman–Crippen LogP) is 1.51. The SMILES string of the molecule is CC(OC(N)=O)Oc1ccccc1. The van der Waals surface area contributed by atoms with Crippen LogP contribution in [0.5, 0.6) is 5.75 Å². The number of nitrogens with two attached hydrogens (primary N) is 1. The molecule has 0 saturated heterocycles. The lowest BCUT2D eigenvalue weighted by Crippen LogP contribution is -2.24. The van der Waals surface area contributed by atoms with E-state index in [4.69, 9.17) is 10.5 Å². The number of benzene rings is 1. The van der Waals surface area contributed by atoms with Crippen LogP contribution in [0.4, 0.5) is 4.79 Å². The van der Waals surface area contributed by atoms with Gasteiger partial charge in [0.25, 0.3) is 0 Å². The Hall–Kier alpha value is -1.71. The molecule has 0 aromatic heterocycles. The molecule has 1 atom stereocenters. The summed E-state index contributed by atoms with van der Waals surface area (Å²) in [7, 11) is 0. The van der Waals surface area contributed by atoms with Gasteiger partial charge in [-0.25, -0.2) is 4.79 Å². The van der Waals surface area contributed by atoms with Crippen molar-refractivity contribution in [2.24, 2.45) is 5.73 Å². The lowest BCUT2D eigenvalue weighted by molar-refractivity contribution is -0.0140. The fourth-order valence-corrected chi connectivity index (χ4v) is 0.878. The lowest BCUT2D eigenvalue weighted by atomic mass is 10.3. The second-order valence-corrected chi connectivity index (χ2v) is 2.44. The second kappa shape index (κ2) is 4.35. The van der Waals surface area contributed by atoms with Gasteiger partial charge in [0.2, 0.25) is 6.29 Å². The Balaban J connectivity index is 2.45. The summed E-state index contributed by atoms with van der Waals surface area (Å²) < 4.78 is 9.77. The normalized spacial score (nSPS) is 11.8. The summed E-state index contributed by atoms with van der Waals surface area (Å²) in [6.07, 6.45) is -1.51. The van der Waals surface area contributed by atoms with Gasteiger partial charge >= 0.3 is 6.09 Å². The Morgan fingerprint density at radius 3 is 2.54 bits per heavy atom. The minimum atomic E-state index is -0.844. The molecule has 13 heavy (non-hydrogen) atoms. The minimum absolute atomic E-state index is 0.635. The molecule has 0 fully saturated rings. The number of ether oxygens (including phenoxy) is 2. The number of carbonyl (C=O) groups excluding carboxylic acids is 1. The van der Waals surface area contributed by atoms with Gasteiger partial charge in [0.15, 0.2) is 0 Å². The van der Waals surface area contributed by atoms with E-state index < -0.39 is 12.4 Å². The molecule has 70 valence electrons. The highest BCUT2D eigenvalue weighted by Crippen LogP contribution is 2.10. The molecule has 0 aliphatic heterocycles. The molecule has 0 aliphatic carbocycles. The van der Waals surface area contributed by atoms with Gasteiger partial charge in [-0.2, -0.15) is 0 Å². The molecule has 0 heterocycles. The third-order valence-corrected chi connectivity index (χ3v) is 1.33. The van der Waals surface area contributed by atoms with E-state index >= 15 is 0 Å². The van der Waals surface area contributed by atoms with Crippen molar-refractivity contribution in [2.75, 3.05) is 0 Å². The van der Waals surface area contributed by atoms with Crippen LogP contribution in [-0.4, -0.2) is 12.4 Å². The van der Waals surface area contributed by atoms with Crippen LogP contribution in [0.2, 0.25) is 0 Å². The van der Waals surface area contributed by atoms with Crippen molar-refractivity contribution < 1.29 is 14.3 Å². The molecule has 0 saturated carbocycles. The fraction of sp³-hybridized carbons (Fsp3) is 0.222. The van der Waals surface area contributed by atoms with Gasteiger partial charge < -0.3 is 15.2 Å². The number of carbonyl (C=O) groups is 1. The van der Waals surface area contributed by atoms with E-state index in [-0.39, 0.29) is 0 Å². The summed E-state index contributed by atoms with van der Waals surface area (Å²) in [6.45, 7) is 1.60. The van der Waals surface area contributed by atoms with E-state index in [2.05, 4.69) is 4.74 Å². The summed E-state index contributed by atoms with van der Waals surface area (Å²) >= 11 is 0. The lowest BCUT2D eigenvalue weighted by Gasteiger charge is -2.13. The number of hydrogen-bond donors (Lipinski definition) is 1. The molecule has 0 radical (unpaired) electrons. The third-order valence-electron chi connectivity index (χ3n) is 1.33. The van der Waals surface area contributed by atoms with E-state index in [1.165, 1.54) is 0 Å². The van der Waals surface area contributed by atoms with Crippen molar-refractivity contribution in [1.82, 2.24) is 0 Å². The molecule has 1 aromatic carbocycles. The quantitative estimate of drug-likeness (QED) is 0.719. The first-order valence-electron chi connectivity index (χ1n) is 3.86. The average molecular weight is 181 g/mol. The van der Waals surface area contributed by atoms with Crippen molar-refractivity contribution in [3.63, 3.8) is 0 Å². The van der Waals surface area contributed by atoms with Crippen LogP contribution in [0, 0.1) is 0 Å². The third kappa shape index (κ3) is 3.46. The van der Waals surface area contributed by atoms with Gasteiger partial charge in [0, 0.05) is 6.92 Å². The zero-order chi connectivity index (χ0) is 9.68. The maximum absolute atomic E-state index is 10.3. The molecule has 0 spiro atoms. The van der Waals surface area contributed by atoms with Crippen LogP contribution in [0.15, 0.2) is 30.3 Å². The monoisotopic (exact) mass is 181 g/mol. The van der Waals surface area contributed by atoms with Gasteiger partial charge in [-0.15, -0.1) is 0 Å². The predicted molar refractivity (Wildman–Crippen MR) is 47.2 cm³/mol. The van der Waals surface area contributed by atoms with Gasteiger partial charge in [0.1, 0.15) is 5.75 Å². The average Bonchev–Trinajstić information content (AvgIpc) is 2.04. The Bertz CT molecular complexity index is 273. The summed E-state index contributed by atoms with van der Waals surface area (Å²) in [6, 6.07) is 9.05. The molecule has 1 amide bonds. The van der Waals surface area contributed by atoms with Crippen LogP contribution < -0.4 is 10.5 Å². The fourth-order valence-electron chi connectivity index (χ4n) is 0.878. The molecule has 2 N–H and O–H groups in total. The smallest absolute Gasteiger partial charge is 0.407 e. The van der Waals surface area contributed by atoms with E-state index in [1.54, 1.807) is 19.1 Å². The molecular formula is C9H11NO3. The largest absolute Gasteiger partial charge is 0.455 e. The number of para-hydroxylation sites is 1. The number of amides is 1. The molecule has 1 rings (SSSR count). The molecule has 0 aliphatic rings. The summed E-state index contributed by atoms with van der Waals surface area (Å²) in [4.78, 5) is 10.3. The van der Waals surface area contributed by atoms with Gasteiger partial charge in [-0.3, -0.25) is 0 Å². The summed E-state index contributed by atoms with van der Waals surface area (Å²) in [5.74, 6) is 0.635. The van der Waals surface area contributed by atoms with Crippen LogP contribution in [0.1, 0.15) is 6.92 Å². The highest BCUT2D eigenvalue weighted by Gasteiger charge is 2.05. The van der Waals surface area contributed by atoms with Crippen molar-refractivity contribution >= 4 is 6.09 Å². The van der Waals surface area contributed by atoms with E-state index in [0.717, 1.165) is 0 Å². The Morgan fingerprint density at radius 2 is 2.00 bits per heavy atom. The number of rotatable bonds is 3. The van der Waals surface area contributed by atoms with E-state index in [1.807, 2.05) is 18.2 Å². The highest BCUT2D eigenvalue weighted by molar-refractivity contribution is 5.64. The van der Waals surface area contributed by atoms with Gasteiger partial charge in [-0.1, -0.05) is 18.2 Å². The summed E-state index contributed by atoms with van der Waals surface area (Å²) in [5.41, 5.74) is 4.81. The van der Waals surface area contributed by atoms with Crippen molar-refractivity contribution in [2.45, 2.75) is 13.2 Å². The zero-order valence-electron chi connectivity index (χ0n) is 7.27. The zero-order valence-corrected chi connectivity index (χ0v) is 7.27. The number of primary amides is 1. The standard InChI is InChI=1S/C9H11NO3/c1-7(13-9(10)11)12-8-5-3-2-4-6-8/h2-7H,1H3,(H2,10,11). The van der Waals surface area contributed by atoms with Crippen LogP contribution in [0.25, 0.3) is 0 Å². The Labute approximate surface area is 76.3 Å². The molecule has 1 unspecified atom stereocenters. The topological polar surface area (TPSA) is 61.5 Å². The Kier molecular flexibility index (Phi) is 3.14. The summed E-state index contributed by atoms with van der Waals surface area (Å²) in [5, 5.41) is 0. The van der Waals surface area contributed by atoms with Crippen LogP contribution in [0.3, 0.4) is 0 Å². The number of hydrogen-bond acceptors (Lipinski definition) is 3. The maximum atomic E-state index is 10.3. The van der Waals surface area contributed by atoms with Crippen LogP contribution in [-0.2, 0) is 4.74 Å². The molecular weight excluding hydrogens is 170 g/mol.